The molecule has 0 heterocycles. The van der Waals surface area contributed by atoms with Gasteiger partial charge in [0, 0.05) is 0 Å². The molecule has 0 unspecified atom stereocenters. The summed E-state index contributed by atoms with van der Waals surface area (Å²) in [7, 11) is 3.31. The van der Waals surface area contributed by atoms with Crippen LogP contribution in [0.3, 0.4) is 0 Å². The topological polar surface area (TPSA) is 61.6 Å². The van der Waals surface area contributed by atoms with Crippen molar-refractivity contribution < 1.29 is 15.7 Å². The Morgan fingerprint density at radius 3 is 1.17 bits per heavy atom. The van der Waals surface area contributed by atoms with Gasteiger partial charge in [-0.1, -0.05) is 0 Å². The first kappa shape index (κ1) is 31.6. The Balaban J connectivity index is 1.52. The Kier molecular flexibility index (Phi) is 10.3. The van der Waals surface area contributed by atoms with Crippen LogP contribution in [0.25, 0.3) is 0 Å². The average molecular weight is 734 g/mol. The quantitative estimate of drug-likeness (QED) is 0.0948. The fourth-order valence-electron chi connectivity index (χ4n) is 4.74. The second-order valence-electron chi connectivity index (χ2n) is 10.3. The van der Waals surface area contributed by atoms with E-state index in [1.165, 1.54) is 0 Å². The second-order valence-corrected chi connectivity index (χ2v) is 16.8. The van der Waals surface area contributed by atoms with Crippen molar-refractivity contribution in [3.63, 3.8) is 0 Å². The summed E-state index contributed by atoms with van der Waals surface area (Å²) in [6, 6.07) is 51.4. The molecule has 6 aromatic carbocycles. The maximum atomic E-state index is 7.28. The Labute approximate surface area is 280 Å². The van der Waals surface area contributed by atoms with E-state index < -0.39 is 19.0 Å². The third kappa shape index (κ3) is 7.73. The number of aliphatic imine (C=N–C) groups is 2. The van der Waals surface area contributed by atoms with Crippen LogP contribution in [0, 0.1) is 0 Å². The number of hydrogen-bond acceptors (Lipinski definition) is 6. The van der Waals surface area contributed by atoms with Crippen LogP contribution in [-0.2, 0) is 0 Å². The van der Waals surface area contributed by atoms with Gasteiger partial charge in [-0.15, -0.1) is 0 Å². The van der Waals surface area contributed by atoms with E-state index in [0.29, 0.717) is 22.9 Å². The summed E-state index contributed by atoms with van der Waals surface area (Å²) >= 11 is -4.43. The van der Waals surface area contributed by atoms with Crippen molar-refractivity contribution in [2.75, 3.05) is 14.2 Å². The Morgan fingerprint density at radius 1 is 0.426 bits per heavy atom. The Hall–Kier alpha value is -5.35. The minimum absolute atomic E-state index is 0.609. The molecule has 234 valence electrons. The van der Waals surface area contributed by atoms with E-state index in [1.807, 2.05) is 170 Å². The second kappa shape index (κ2) is 15.3. The van der Waals surface area contributed by atoms with Crippen molar-refractivity contribution in [1.29, 1.82) is 0 Å². The van der Waals surface area contributed by atoms with E-state index >= 15 is 0 Å². The number of rotatable bonds is 12. The monoisotopic (exact) mass is 736 g/mol. The van der Waals surface area contributed by atoms with E-state index in [0.717, 1.165) is 29.8 Å². The molecule has 0 radical (unpaired) electrons. The van der Waals surface area contributed by atoms with Crippen LogP contribution in [0.2, 0.25) is 0 Å². The van der Waals surface area contributed by atoms with Crippen molar-refractivity contribution in [2.45, 2.75) is 0 Å². The molecular formula is C40H34N2O4Te. The molecule has 0 fully saturated rings. The van der Waals surface area contributed by atoms with Gasteiger partial charge in [-0.05, 0) is 0 Å². The van der Waals surface area contributed by atoms with Gasteiger partial charge in [-0.3, -0.25) is 0 Å². The molecule has 7 heteroatoms. The fourth-order valence-corrected chi connectivity index (χ4v) is 11.8. The molecule has 0 aliphatic carbocycles. The number of methoxy groups -OCH3 is 2. The molecular weight excluding hydrogens is 700 g/mol. The van der Waals surface area contributed by atoms with Gasteiger partial charge >= 0.3 is 282 Å². The molecule has 0 amide bonds. The molecule has 6 aromatic rings. The molecule has 0 saturated heterocycles. The van der Waals surface area contributed by atoms with Crippen LogP contribution in [0.1, 0.15) is 11.1 Å². The van der Waals surface area contributed by atoms with Gasteiger partial charge in [-0.25, -0.2) is 0 Å². The molecule has 0 aliphatic heterocycles. The molecule has 0 aromatic heterocycles. The first-order valence-corrected chi connectivity index (χ1v) is 19.3. The molecule has 0 aliphatic rings. The predicted octanol–water partition coefficient (Wildman–Crippen LogP) is 7.92. The SMILES string of the molecule is COc1ccc([Te](Oc2ccccc2N=Cc2ccccc2)(Oc2ccccc2N=Cc2ccccc2)c2ccc(OC)cc2)cc1. The Morgan fingerprint density at radius 2 is 0.787 bits per heavy atom. The van der Waals surface area contributed by atoms with Crippen LogP contribution >= 0.6 is 0 Å². The van der Waals surface area contributed by atoms with Gasteiger partial charge in [0.25, 0.3) is 0 Å². The zero-order chi connectivity index (χ0) is 32.3. The summed E-state index contributed by atoms with van der Waals surface area (Å²) < 4.78 is 27.5. The molecule has 6 nitrogen and oxygen atoms in total. The summed E-state index contributed by atoms with van der Waals surface area (Å²) in [5, 5.41) is 0. The third-order valence-electron chi connectivity index (χ3n) is 7.19. The van der Waals surface area contributed by atoms with E-state index in [-0.39, 0.29) is 0 Å². The van der Waals surface area contributed by atoms with Crippen LogP contribution in [0.5, 0.6) is 23.0 Å². The predicted molar refractivity (Wildman–Crippen MR) is 193 cm³/mol. The van der Waals surface area contributed by atoms with Gasteiger partial charge in [-0.2, -0.15) is 0 Å². The zero-order valence-corrected chi connectivity index (χ0v) is 28.4. The fraction of sp³-hybridized carbons (Fsp3) is 0.0500. The summed E-state index contributed by atoms with van der Waals surface area (Å²) in [6.07, 6.45) is 3.68. The van der Waals surface area contributed by atoms with Gasteiger partial charge in [0.1, 0.15) is 0 Å². The summed E-state index contributed by atoms with van der Waals surface area (Å²) in [6.45, 7) is 0. The first-order valence-electron chi connectivity index (χ1n) is 15.0. The first-order chi connectivity index (χ1) is 23.2. The number of benzene rings is 6. The number of hydrogen-bond donors (Lipinski definition) is 0. The third-order valence-corrected chi connectivity index (χ3v) is 14.6. The van der Waals surface area contributed by atoms with Crippen LogP contribution in [0.4, 0.5) is 11.4 Å². The van der Waals surface area contributed by atoms with E-state index in [1.54, 1.807) is 14.2 Å². The minimum atomic E-state index is -4.43. The van der Waals surface area contributed by atoms with Crippen molar-refractivity contribution >= 4 is 50.0 Å². The van der Waals surface area contributed by atoms with Crippen LogP contribution in [0.15, 0.2) is 168 Å². The van der Waals surface area contributed by atoms with Gasteiger partial charge in [0.2, 0.25) is 0 Å². The molecule has 6 rings (SSSR count). The summed E-state index contributed by atoms with van der Waals surface area (Å²) in [5.74, 6) is 2.69. The zero-order valence-electron chi connectivity index (χ0n) is 26.1. The van der Waals surface area contributed by atoms with Crippen molar-refractivity contribution in [2.24, 2.45) is 9.98 Å². The standard InChI is InChI=1S/C40H34N2O4Te/c1-43-33-21-25-35(26-22-33)47(36-27-23-34(44-2)24-28-36,45-39-19-11-9-17-37(39)41-29-31-13-5-3-6-14-31)46-40-20-12-10-18-38(40)42-30-32-15-7-4-8-16-32/h3-30H,1-2H3. The molecule has 47 heavy (non-hydrogen) atoms. The van der Waals surface area contributed by atoms with Gasteiger partial charge in [0.15, 0.2) is 0 Å². The van der Waals surface area contributed by atoms with Crippen LogP contribution < -0.4 is 22.9 Å². The number of ether oxygens (including phenoxy) is 2. The molecule has 0 N–H and O–H groups in total. The van der Waals surface area contributed by atoms with Crippen molar-refractivity contribution in [3.05, 3.63) is 169 Å². The molecule has 0 spiro atoms. The summed E-state index contributed by atoms with van der Waals surface area (Å²) in [5.41, 5.74) is 3.35. The average Bonchev–Trinajstić information content (AvgIpc) is 3.14. The van der Waals surface area contributed by atoms with E-state index in [2.05, 4.69) is 0 Å². The number of para-hydroxylation sites is 4. The molecule has 0 bridgehead atoms. The number of nitrogens with zero attached hydrogens (tertiary/aromatic N) is 2. The maximum absolute atomic E-state index is 7.28. The summed E-state index contributed by atoms with van der Waals surface area (Å²) in [4.78, 5) is 9.70. The normalized spacial score (nSPS) is 11.8. The Bertz CT molecular complexity index is 1800. The van der Waals surface area contributed by atoms with Crippen LogP contribution in [-0.4, -0.2) is 45.7 Å². The van der Waals surface area contributed by atoms with E-state index in [4.69, 9.17) is 25.7 Å². The van der Waals surface area contributed by atoms with Gasteiger partial charge < -0.3 is 0 Å². The molecule has 0 saturated carbocycles. The van der Waals surface area contributed by atoms with Crippen molar-refractivity contribution in [3.8, 4) is 23.0 Å². The molecule has 0 atom stereocenters. The van der Waals surface area contributed by atoms with Crippen molar-refractivity contribution in [1.82, 2.24) is 0 Å². The van der Waals surface area contributed by atoms with E-state index in [9.17, 15) is 0 Å². The van der Waals surface area contributed by atoms with Gasteiger partial charge in [0.05, 0.1) is 0 Å².